The predicted octanol–water partition coefficient (Wildman–Crippen LogP) is 2.50. The number of hydrogen-bond acceptors (Lipinski definition) is 3. The Hall–Kier alpha value is -1.58. The Kier molecular flexibility index (Phi) is 4.28. The van der Waals surface area contributed by atoms with Crippen LogP contribution in [0, 0.1) is 5.92 Å². The topological polar surface area (TPSA) is 54.0 Å². The molecule has 0 spiro atoms. The molecule has 0 aliphatic carbocycles. The van der Waals surface area contributed by atoms with E-state index in [9.17, 15) is 4.79 Å². The van der Waals surface area contributed by atoms with Crippen molar-refractivity contribution in [3.8, 4) is 0 Å². The van der Waals surface area contributed by atoms with Crippen molar-refractivity contribution in [3.05, 3.63) is 18.3 Å². The second-order valence-electron chi connectivity index (χ2n) is 4.38. The first-order valence-corrected chi connectivity index (χ1v) is 5.52. The lowest BCUT2D eigenvalue weighted by atomic mass is 10.2. The van der Waals surface area contributed by atoms with Gasteiger partial charge in [0, 0.05) is 12.0 Å². The zero-order chi connectivity index (χ0) is 12.1. The number of anilines is 2. The minimum Gasteiger partial charge on any atom is -0.368 e. The highest BCUT2D eigenvalue weighted by atomic mass is 16.1. The van der Waals surface area contributed by atoms with Crippen LogP contribution in [0.15, 0.2) is 18.3 Å². The number of carbonyl (C=O) groups is 1. The smallest absolute Gasteiger partial charge is 0.226 e. The summed E-state index contributed by atoms with van der Waals surface area (Å²) in [5.74, 6) is 0.803. The summed E-state index contributed by atoms with van der Waals surface area (Å²) in [6.07, 6.45) is 1.66. The zero-order valence-electron chi connectivity index (χ0n) is 10.2. The molecule has 0 saturated carbocycles. The van der Waals surface area contributed by atoms with Crippen LogP contribution in [0.2, 0.25) is 0 Å². The van der Waals surface area contributed by atoms with Crippen molar-refractivity contribution < 1.29 is 4.79 Å². The Labute approximate surface area is 96.5 Å². The first-order chi connectivity index (χ1) is 7.49. The molecule has 4 heteroatoms. The van der Waals surface area contributed by atoms with Crippen molar-refractivity contribution in [2.45, 2.75) is 33.7 Å². The quantitative estimate of drug-likeness (QED) is 0.821. The summed E-state index contributed by atoms with van der Waals surface area (Å²) >= 11 is 0. The van der Waals surface area contributed by atoms with E-state index in [1.807, 2.05) is 26.0 Å². The van der Waals surface area contributed by atoms with Gasteiger partial charge in [-0.15, -0.1) is 0 Å². The van der Waals surface area contributed by atoms with E-state index in [4.69, 9.17) is 0 Å². The molecule has 2 N–H and O–H groups in total. The van der Waals surface area contributed by atoms with Crippen LogP contribution in [0.25, 0.3) is 0 Å². The van der Waals surface area contributed by atoms with Gasteiger partial charge in [-0.1, -0.05) is 13.8 Å². The Morgan fingerprint density at radius 1 is 1.25 bits per heavy atom. The lowest BCUT2D eigenvalue weighted by Gasteiger charge is -2.10. The van der Waals surface area contributed by atoms with Crippen LogP contribution in [0.3, 0.4) is 0 Å². The molecule has 0 unspecified atom stereocenters. The molecule has 0 atom stereocenters. The summed E-state index contributed by atoms with van der Waals surface area (Å²) in [6.45, 7) is 7.82. The Bertz CT molecular complexity index is 344. The Morgan fingerprint density at radius 2 is 1.94 bits per heavy atom. The number of rotatable bonds is 4. The van der Waals surface area contributed by atoms with E-state index in [0.29, 0.717) is 6.04 Å². The molecule has 0 aromatic carbocycles. The molecule has 1 heterocycles. The summed E-state index contributed by atoms with van der Waals surface area (Å²) in [6, 6.07) is 4.05. The van der Waals surface area contributed by atoms with Gasteiger partial charge in [0.05, 0.1) is 11.9 Å². The Balaban J connectivity index is 2.61. The second-order valence-corrected chi connectivity index (χ2v) is 4.38. The molecule has 0 radical (unpaired) electrons. The largest absolute Gasteiger partial charge is 0.368 e. The lowest BCUT2D eigenvalue weighted by Crippen LogP contribution is -2.18. The van der Waals surface area contributed by atoms with Crippen molar-refractivity contribution in [2.75, 3.05) is 10.6 Å². The summed E-state index contributed by atoms with van der Waals surface area (Å²) in [5.41, 5.74) is 0.730. The molecule has 16 heavy (non-hydrogen) atoms. The minimum absolute atomic E-state index is 0.00590. The molecule has 1 amide bonds. The number of nitrogens with one attached hydrogen (secondary N) is 2. The monoisotopic (exact) mass is 221 g/mol. The third kappa shape index (κ3) is 3.88. The van der Waals surface area contributed by atoms with Gasteiger partial charge in [0.15, 0.2) is 0 Å². The zero-order valence-corrected chi connectivity index (χ0v) is 10.2. The van der Waals surface area contributed by atoms with Crippen molar-refractivity contribution in [1.29, 1.82) is 0 Å². The van der Waals surface area contributed by atoms with Crippen LogP contribution in [-0.4, -0.2) is 16.9 Å². The van der Waals surface area contributed by atoms with Crippen molar-refractivity contribution in [1.82, 2.24) is 4.98 Å². The van der Waals surface area contributed by atoms with Gasteiger partial charge in [-0.2, -0.15) is 0 Å². The van der Waals surface area contributed by atoms with Gasteiger partial charge in [0.25, 0.3) is 0 Å². The van der Waals surface area contributed by atoms with Crippen LogP contribution in [0.5, 0.6) is 0 Å². The van der Waals surface area contributed by atoms with Crippen molar-refractivity contribution >= 4 is 17.4 Å². The molecule has 0 saturated heterocycles. The van der Waals surface area contributed by atoms with Crippen molar-refractivity contribution in [2.24, 2.45) is 5.92 Å². The maximum absolute atomic E-state index is 11.4. The van der Waals surface area contributed by atoms with Gasteiger partial charge < -0.3 is 10.6 Å². The van der Waals surface area contributed by atoms with E-state index in [0.717, 1.165) is 11.5 Å². The van der Waals surface area contributed by atoms with E-state index in [2.05, 4.69) is 29.5 Å². The minimum atomic E-state index is -0.0199. The first-order valence-electron chi connectivity index (χ1n) is 5.52. The molecule has 88 valence electrons. The van der Waals surface area contributed by atoms with Gasteiger partial charge in [0.1, 0.15) is 5.82 Å². The summed E-state index contributed by atoms with van der Waals surface area (Å²) in [5, 5.41) is 5.98. The SMILES string of the molecule is CC(C)Nc1ccc(NC(=O)C(C)C)cn1. The first kappa shape index (κ1) is 12.5. The molecule has 0 aliphatic heterocycles. The van der Waals surface area contributed by atoms with Gasteiger partial charge in [0.2, 0.25) is 5.91 Å². The lowest BCUT2D eigenvalue weighted by molar-refractivity contribution is -0.118. The summed E-state index contributed by atoms with van der Waals surface area (Å²) in [4.78, 5) is 15.6. The molecule has 1 aromatic heterocycles. The average molecular weight is 221 g/mol. The highest BCUT2D eigenvalue weighted by Gasteiger charge is 2.07. The van der Waals surface area contributed by atoms with E-state index in [1.165, 1.54) is 0 Å². The predicted molar refractivity (Wildman–Crippen MR) is 66.5 cm³/mol. The molecule has 4 nitrogen and oxygen atoms in total. The Morgan fingerprint density at radius 3 is 2.38 bits per heavy atom. The van der Waals surface area contributed by atoms with E-state index < -0.39 is 0 Å². The van der Waals surface area contributed by atoms with E-state index in [-0.39, 0.29) is 11.8 Å². The van der Waals surface area contributed by atoms with Gasteiger partial charge >= 0.3 is 0 Å². The number of nitrogens with zero attached hydrogens (tertiary/aromatic N) is 1. The van der Waals surface area contributed by atoms with Crippen LogP contribution in [0.4, 0.5) is 11.5 Å². The molecular formula is C12H19N3O. The summed E-state index contributed by atoms with van der Waals surface area (Å²) < 4.78 is 0. The third-order valence-electron chi connectivity index (χ3n) is 1.99. The third-order valence-corrected chi connectivity index (χ3v) is 1.99. The number of carbonyl (C=O) groups excluding carboxylic acids is 1. The van der Waals surface area contributed by atoms with Crippen molar-refractivity contribution in [3.63, 3.8) is 0 Å². The van der Waals surface area contributed by atoms with E-state index >= 15 is 0 Å². The standard InChI is InChI=1S/C12H19N3O/c1-8(2)12(16)15-10-5-6-11(13-7-10)14-9(3)4/h5-9H,1-4H3,(H,13,14)(H,15,16). The fourth-order valence-corrected chi connectivity index (χ4v) is 1.14. The van der Waals surface area contributed by atoms with Gasteiger partial charge in [-0.3, -0.25) is 4.79 Å². The summed E-state index contributed by atoms with van der Waals surface area (Å²) in [7, 11) is 0. The molecule has 0 fully saturated rings. The second kappa shape index (κ2) is 5.49. The maximum atomic E-state index is 11.4. The van der Waals surface area contributed by atoms with Crippen LogP contribution < -0.4 is 10.6 Å². The number of pyridine rings is 1. The normalized spacial score (nSPS) is 10.6. The molecular weight excluding hydrogens is 202 g/mol. The molecule has 0 aliphatic rings. The number of amides is 1. The van der Waals surface area contributed by atoms with Crippen LogP contribution in [0.1, 0.15) is 27.7 Å². The van der Waals surface area contributed by atoms with Crippen LogP contribution >= 0.6 is 0 Å². The maximum Gasteiger partial charge on any atom is 0.226 e. The molecule has 1 aromatic rings. The number of aromatic nitrogens is 1. The fraction of sp³-hybridized carbons (Fsp3) is 0.500. The highest BCUT2D eigenvalue weighted by Crippen LogP contribution is 2.11. The van der Waals surface area contributed by atoms with E-state index in [1.54, 1.807) is 6.20 Å². The fourth-order valence-electron chi connectivity index (χ4n) is 1.14. The highest BCUT2D eigenvalue weighted by molar-refractivity contribution is 5.91. The van der Waals surface area contributed by atoms with Crippen LogP contribution in [-0.2, 0) is 4.79 Å². The van der Waals surface area contributed by atoms with Gasteiger partial charge in [-0.05, 0) is 26.0 Å². The van der Waals surface area contributed by atoms with Gasteiger partial charge in [-0.25, -0.2) is 4.98 Å². The average Bonchev–Trinajstić information content (AvgIpc) is 2.20. The number of hydrogen-bond donors (Lipinski definition) is 2. The molecule has 1 rings (SSSR count). The molecule has 0 bridgehead atoms.